The molecule has 158 valence electrons. The van der Waals surface area contributed by atoms with Crippen molar-refractivity contribution >= 4 is 20.4 Å². The molecule has 2 aliphatic heterocycles. The Bertz CT molecular complexity index is 958. The lowest BCUT2D eigenvalue weighted by atomic mass is 10.1. The molecule has 0 bridgehead atoms. The summed E-state index contributed by atoms with van der Waals surface area (Å²) in [6.45, 7) is 4.39. The Morgan fingerprint density at radius 1 is 1.10 bits per heavy atom. The summed E-state index contributed by atoms with van der Waals surface area (Å²) < 4.78 is 58.4. The molecule has 0 spiro atoms. The number of ether oxygens (including phenoxy) is 2. The average molecular weight is 440 g/mol. The summed E-state index contributed by atoms with van der Waals surface area (Å²) >= 11 is 0. The standard InChI is InChI=1S/C20H25NO6S2/c22-28(23)15-20(29(24,25)17-4-2-1-3-5-17)18-7-6-16(14-19(18)28)27-13-10-21-8-11-26-12-9-21/h1-7,14,20,22-23H,8-13,15H2. The lowest BCUT2D eigenvalue weighted by Gasteiger charge is -2.28. The maximum absolute atomic E-state index is 13.1. The van der Waals surface area contributed by atoms with E-state index in [1.54, 1.807) is 36.4 Å². The maximum atomic E-state index is 13.1. The van der Waals surface area contributed by atoms with Gasteiger partial charge in [0.05, 0.1) is 28.8 Å². The summed E-state index contributed by atoms with van der Waals surface area (Å²) in [6.07, 6.45) is 0. The molecule has 0 aromatic heterocycles. The van der Waals surface area contributed by atoms with Crippen molar-refractivity contribution in [2.45, 2.75) is 15.0 Å². The number of hydrogen-bond acceptors (Lipinski definition) is 7. The highest BCUT2D eigenvalue weighted by Crippen LogP contribution is 2.61. The zero-order chi connectivity index (χ0) is 20.5. The smallest absolute Gasteiger partial charge is 0.187 e. The van der Waals surface area contributed by atoms with Crippen molar-refractivity contribution in [3.8, 4) is 5.75 Å². The van der Waals surface area contributed by atoms with Crippen LogP contribution in [0.5, 0.6) is 5.75 Å². The fourth-order valence-corrected chi connectivity index (χ4v) is 8.13. The Kier molecular flexibility index (Phi) is 5.87. The quantitative estimate of drug-likeness (QED) is 0.714. The van der Waals surface area contributed by atoms with Gasteiger partial charge in [-0.25, -0.2) is 8.42 Å². The molecular weight excluding hydrogens is 414 g/mol. The van der Waals surface area contributed by atoms with E-state index in [1.165, 1.54) is 12.1 Å². The first-order chi connectivity index (χ1) is 13.9. The second-order valence-corrected chi connectivity index (χ2v) is 11.4. The minimum Gasteiger partial charge on any atom is -0.492 e. The molecule has 1 atom stereocenters. The number of nitrogens with zero attached hydrogens (tertiary/aromatic N) is 1. The van der Waals surface area contributed by atoms with Gasteiger partial charge >= 0.3 is 0 Å². The Labute approximate surface area is 172 Å². The molecule has 1 unspecified atom stereocenters. The summed E-state index contributed by atoms with van der Waals surface area (Å²) in [5.74, 6) is 0.284. The Morgan fingerprint density at radius 3 is 2.55 bits per heavy atom. The van der Waals surface area contributed by atoms with Crippen molar-refractivity contribution in [3.05, 3.63) is 54.1 Å². The van der Waals surface area contributed by atoms with Crippen molar-refractivity contribution in [3.63, 3.8) is 0 Å². The Balaban J connectivity index is 1.52. The van der Waals surface area contributed by atoms with Gasteiger partial charge in [-0.15, -0.1) is 0 Å². The van der Waals surface area contributed by atoms with Crippen LogP contribution < -0.4 is 4.74 Å². The van der Waals surface area contributed by atoms with Crippen molar-refractivity contribution in [2.24, 2.45) is 0 Å². The number of morpholine rings is 1. The highest BCUT2D eigenvalue weighted by molar-refractivity contribution is 8.25. The fourth-order valence-electron chi connectivity index (χ4n) is 3.69. The molecule has 29 heavy (non-hydrogen) atoms. The van der Waals surface area contributed by atoms with E-state index in [-0.39, 0.29) is 15.5 Å². The predicted octanol–water partition coefficient (Wildman–Crippen LogP) is 3.04. The van der Waals surface area contributed by atoms with E-state index in [0.29, 0.717) is 17.9 Å². The second-order valence-electron chi connectivity index (χ2n) is 7.18. The molecule has 4 rings (SSSR count). The summed E-state index contributed by atoms with van der Waals surface area (Å²) in [4.78, 5) is 2.69. The van der Waals surface area contributed by atoms with Crippen LogP contribution >= 0.6 is 10.6 Å². The van der Waals surface area contributed by atoms with Crippen LogP contribution in [0, 0.1) is 0 Å². The highest BCUT2D eigenvalue weighted by atomic mass is 32.3. The van der Waals surface area contributed by atoms with E-state index in [2.05, 4.69) is 4.90 Å². The SMILES string of the molecule is O=S(=O)(c1ccccc1)C1CS(O)(O)c2cc(OCCN3CCOCC3)ccc21. The third kappa shape index (κ3) is 4.30. The van der Waals surface area contributed by atoms with Gasteiger partial charge in [-0.05, 0) is 23.8 Å². The van der Waals surface area contributed by atoms with Gasteiger partial charge < -0.3 is 9.47 Å². The lowest BCUT2D eigenvalue weighted by molar-refractivity contribution is 0.0322. The van der Waals surface area contributed by atoms with Crippen molar-refractivity contribution < 1.29 is 27.0 Å². The molecule has 1 fully saturated rings. The van der Waals surface area contributed by atoms with Crippen LogP contribution in [-0.2, 0) is 14.6 Å². The van der Waals surface area contributed by atoms with Gasteiger partial charge in [0.2, 0.25) is 0 Å². The molecule has 2 aromatic rings. The third-order valence-electron chi connectivity index (χ3n) is 5.29. The molecule has 7 nitrogen and oxygen atoms in total. The summed E-state index contributed by atoms with van der Waals surface area (Å²) in [5, 5.41) is -0.979. The highest BCUT2D eigenvalue weighted by Gasteiger charge is 2.43. The van der Waals surface area contributed by atoms with E-state index >= 15 is 0 Å². The van der Waals surface area contributed by atoms with Gasteiger partial charge in [0, 0.05) is 25.7 Å². The van der Waals surface area contributed by atoms with E-state index in [1.807, 2.05) is 0 Å². The van der Waals surface area contributed by atoms with Crippen molar-refractivity contribution in [1.82, 2.24) is 4.90 Å². The first-order valence-electron chi connectivity index (χ1n) is 9.50. The van der Waals surface area contributed by atoms with E-state index in [4.69, 9.17) is 9.47 Å². The van der Waals surface area contributed by atoms with Crippen LogP contribution in [0.1, 0.15) is 10.8 Å². The van der Waals surface area contributed by atoms with E-state index < -0.39 is 25.7 Å². The first-order valence-corrected chi connectivity index (χ1v) is 12.8. The topological polar surface area (TPSA) is 96.3 Å². The third-order valence-corrected chi connectivity index (χ3v) is 9.46. The molecule has 0 amide bonds. The van der Waals surface area contributed by atoms with Gasteiger partial charge in [0.15, 0.2) is 9.84 Å². The molecule has 0 aliphatic carbocycles. The molecule has 2 aliphatic rings. The van der Waals surface area contributed by atoms with Crippen LogP contribution in [0.15, 0.2) is 58.3 Å². The largest absolute Gasteiger partial charge is 0.492 e. The molecule has 2 aromatic carbocycles. The number of hydrogen-bond donors (Lipinski definition) is 2. The van der Waals surface area contributed by atoms with Crippen LogP contribution in [0.3, 0.4) is 0 Å². The summed E-state index contributed by atoms with van der Waals surface area (Å²) in [6, 6.07) is 13.0. The molecule has 9 heteroatoms. The zero-order valence-electron chi connectivity index (χ0n) is 15.9. The number of benzene rings is 2. The van der Waals surface area contributed by atoms with Crippen molar-refractivity contribution in [1.29, 1.82) is 0 Å². The molecule has 0 saturated carbocycles. The summed E-state index contributed by atoms with van der Waals surface area (Å²) in [5.41, 5.74) is 0.439. The lowest BCUT2D eigenvalue weighted by Crippen LogP contribution is -2.38. The fraction of sp³-hybridized carbons (Fsp3) is 0.400. The van der Waals surface area contributed by atoms with Gasteiger partial charge in [-0.3, -0.25) is 14.0 Å². The molecule has 2 heterocycles. The molecule has 0 radical (unpaired) electrons. The van der Waals surface area contributed by atoms with Gasteiger partial charge in [-0.1, -0.05) is 24.3 Å². The maximum Gasteiger partial charge on any atom is 0.187 e. The zero-order valence-corrected chi connectivity index (χ0v) is 17.6. The van der Waals surface area contributed by atoms with Gasteiger partial charge in [0.25, 0.3) is 0 Å². The van der Waals surface area contributed by atoms with Crippen LogP contribution in [0.2, 0.25) is 0 Å². The number of sulfone groups is 1. The van der Waals surface area contributed by atoms with Gasteiger partial charge in [-0.2, -0.15) is 10.6 Å². The molecule has 2 N–H and O–H groups in total. The summed E-state index contributed by atoms with van der Waals surface area (Å²) in [7, 11) is -6.93. The Morgan fingerprint density at radius 2 is 1.83 bits per heavy atom. The Hall–Kier alpha value is -1.62. The van der Waals surface area contributed by atoms with Crippen molar-refractivity contribution in [2.75, 3.05) is 45.2 Å². The second kappa shape index (κ2) is 8.25. The minimum absolute atomic E-state index is 0.180. The number of rotatable bonds is 6. The van der Waals surface area contributed by atoms with E-state index in [9.17, 15) is 17.5 Å². The average Bonchev–Trinajstić information content (AvgIpc) is 3.01. The predicted molar refractivity (Wildman–Crippen MR) is 112 cm³/mol. The number of fused-ring (bicyclic) bond motifs is 1. The van der Waals surface area contributed by atoms with Crippen LogP contribution in [0.25, 0.3) is 0 Å². The van der Waals surface area contributed by atoms with E-state index in [0.717, 1.165) is 32.8 Å². The monoisotopic (exact) mass is 439 g/mol. The first kappa shape index (κ1) is 20.6. The molecular formula is C20H25NO6S2. The van der Waals surface area contributed by atoms with Crippen LogP contribution in [0.4, 0.5) is 0 Å². The minimum atomic E-state index is -3.73. The normalized spacial score (nSPS) is 22.8. The van der Waals surface area contributed by atoms with Gasteiger partial charge in [0.1, 0.15) is 17.6 Å². The van der Waals surface area contributed by atoms with Crippen LogP contribution in [-0.4, -0.2) is 67.6 Å². The molecule has 1 saturated heterocycles.